The average molecular weight is 409 g/mol. The van der Waals surface area contributed by atoms with Crippen molar-refractivity contribution in [1.29, 1.82) is 0 Å². The summed E-state index contributed by atoms with van der Waals surface area (Å²) in [5.74, 6) is 0.909. The van der Waals surface area contributed by atoms with Gasteiger partial charge in [-0.25, -0.2) is 0 Å². The Morgan fingerprint density at radius 1 is 1.24 bits per heavy atom. The molecule has 1 atom stereocenters. The van der Waals surface area contributed by atoms with Crippen LogP contribution >= 0.6 is 15.9 Å². The summed E-state index contributed by atoms with van der Waals surface area (Å²) in [4.78, 5) is 26.1. The number of carbonyl (C=O) groups excluding carboxylic acids is 2. The first-order valence-electron chi connectivity index (χ1n) is 7.60. The van der Waals surface area contributed by atoms with E-state index in [2.05, 4.69) is 21.2 Å². The van der Waals surface area contributed by atoms with E-state index in [1.807, 2.05) is 0 Å². The van der Waals surface area contributed by atoms with Gasteiger partial charge in [0.15, 0.2) is 21.9 Å². The maximum Gasteiger partial charge on any atom is 0.287 e. The summed E-state index contributed by atoms with van der Waals surface area (Å²) in [6.45, 7) is 0.377. The molecule has 2 aromatic rings. The SMILES string of the molecule is COc1ccc(N2C[C@H](NC(=O)c3ccc(Br)o3)CC2=O)cc1OC. The van der Waals surface area contributed by atoms with Gasteiger partial charge in [-0.1, -0.05) is 0 Å². The van der Waals surface area contributed by atoms with Gasteiger partial charge in [0.2, 0.25) is 5.91 Å². The Morgan fingerprint density at radius 2 is 2.00 bits per heavy atom. The highest BCUT2D eigenvalue weighted by Crippen LogP contribution is 2.33. The summed E-state index contributed by atoms with van der Waals surface area (Å²) in [5.41, 5.74) is 0.695. The molecule has 7 nitrogen and oxygen atoms in total. The van der Waals surface area contributed by atoms with E-state index in [1.54, 1.807) is 42.3 Å². The molecular weight excluding hydrogens is 392 g/mol. The molecule has 0 aliphatic carbocycles. The standard InChI is InChI=1S/C17H17BrN2O5/c1-23-12-4-3-11(8-14(12)24-2)20-9-10(7-16(20)21)19-17(22)13-5-6-15(18)25-13/h3-6,8,10H,7,9H2,1-2H3,(H,19,22)/t10-/m1/s1. The van der Waals surface area contributed by atoms with Crippen molar-refractivity contribution < 1.29 is 23.5 Å². The summed E-state index contributed by atoms with van der Waals surface area (Å²) in [5, 5.41) is 2.82. The number of hydrogen-bond acceptors (Lipinski definition) is 5. The Morgan fingerprint density at radius 3 is 2.64 bits per heavy atom. The van der Waals surface area contributed by atoms with Crippen molar-refractivity contribution in [2.45, 2.75) is 12.5 Å². The maximum atomic E-state index is 12.3. The zero-order chi connectivity index (χ0) is 18.0. The number of benzene rings is 1. The number of methoxy groups -OCH3 is 2. The number of furan rings is 1. The molecule has 0 spiro atoms. The molecule has 1 saturated heterocycles. The Hall–Kier alpha value is -2.48. The third-order valence-corrected chi connectivity index (χ3v) is 4.36. The van der Waals surface area contributed by atoms with E-state index in [9.17, 15) is 9.59 Å². The zero-order valence-corrected chi connectivity index (χ0v) is 15.3. The molecule has 0 saturated carbocycles. The number of amides is 2. The van der Waals surface area contributed by atoms with Crippen LogP contribution in [0.3, 0.4) is 0 Å². The van der Waals surface area contributed by atoms with E-state index in [0.717, 1.165) is 0 Å². The van der Waals surface area contributed by atoms with Gasteiger partial charge in [0, 0.05) is 24.7 Å². The van der Waals surface area contributed by atoms with Crippen molar-refractivity contribution in [2.75, 3.05) is 25.7 Å². The molecule has 2 amide bonds. The predicted octanol–water partition coefficient (Wildman–Crippen LogP) is 2.59. The summed E-state index contributed by atoms with van der Waals surface area (Å²) in [6.07, 6.45) is 0.224. The minimum Gasteiger partial charge on any atom is -0.493 e. The zero-order valence-electron chi connectivity index (χ0n) is 13.7. The molecule has 132 valence electrons. The fourth-order valence-corrected chi connectivity index (χ4v) is 3.05. The van der Waals surface area contributed by atoms with Gasteiger partial charge in [-0.3, -0.25) is 9.59 Å². The van der Waals surface area contributed by atoms with Crippen LogP contribution in [0.1, 0.15) is 17.0 Å². The fraction of sp³-hybridized carbons (Fsp3) is 0.294. The molecule has 8 heteroatoms. The van der Waals surface area contributed by atoms with Crippen molar-refractivity contribution >= 4 is 33.4 Å². The highest BCUT2D eigenvalue weighted by molar-refractivity contribution is 9.10. The van der Waals surface area contributed by atoms with Crippen molar-refractivity contribution in [1.82, 2.24) is 5.32 Å². The van der Waals surface area contributed by atoms with E-state index in [-0.39, 0.29) is 30.0 Å². The van der Waals surface area contributed by atoms with E-state index in [1.165, 1.54) is 7.11 Å². The molecular formula is C17H17BrN2O5. The second-order valence-corrected chi connectivity index (χ2v) is 6.30. The molecule has 1 N–H and O–H groups in total. The van der Waals surface area contributed by atoms with Gasteiger partial charge in [-0.05, 0) is 40.2 Å². The van der Waals surface area contributed by atoms with Crippen LogP contribution in [0.4, 0.5) is 5.69 Å². The first kappa shape index (κ1) is 17.3. The Labute approximate surface area is 153 Å². The number of carbonyl (C=O) groups is 2. The van der Waals surface area contributed by atoms with Gasteiger partial charge in [0.25, 0.3) is 5.91 Å². The number of ether oxygens (including phenoxy) is 2. The number of rotatable bonds is 5. The van der Waals surface area contributed by atoms with Crippen molar-refractivity contribution in [2.24, 2.45) is 0 Å². The van der Waals surface area contributed by atoms with E-state index < -0.39 is 0 Å². The van der Waals surface area contributed by atoms with Crippen molar-refractivity contribution in [3.05, 3.63) is 40.8 Å². The highest BCUT2D eigenvalue weighted by Gasteiger charge is 2.32. The Bertz CT molecular complexity index is 804. The lowest BCUT2D eigenvalue weighted by molar-refractivity contribution is -0.117. The third-order valence-electron chi connectivity index (χ3n) is 3.94. The summed E-state index contributed by atoms with van der Waals surface area (Å²) in [7, 11) is 3.09. The van der Waals surface area contributed by atoms with E-state index in [0.29, 0.717) is 28.4 Å². The molecule has 0 radical (unpaired) electrons. The van der Waals surface area contributed by atoms with Crippen LogP contribution in [0.15, 0.2) is 39.4 Å². The first-order valence-corrected chi connectivity index (χ1v) is 8.39. The highest BCUT2D eigenvalue weighted by atomic mass is 79.9. The summed E-state index contributed by atoms with van der Waals surface area (Å²) in [6, 6.07) is 8.19. The lowest BCUT2D eigenvalue weighted by Crippen LogP contribution is -2.37. The van der Waals surface area contributed by atoms with Gasteiger partial charge in [-0.15, -0.1) is 0 Å². The molecule has 1 aliphatic rings. The molecule has 2 heterocycles. The van der Waals surface area contributed by atoms with Gasteiger partial charge < -0.3 is 24.1 Å². The van der Waals surface area contributed by atoms with E-state index >= 15 is 0 Å². The van der Waals surface area contributed by atoms with Crippen molar-refractivity contribution in [3.8, 4) is 11.5 Å². The van der Waals surface area contributed by atoms with Gasteiger partial charge in [0.05, 0.1) is 20.3 Å². The second-order valence-electron chi connectivity index (χ2n) is 5.52. The first-order chi connectivity index (χ1) is 12.0. The molecule has 1 aliphatic heterocycles. The van der Waals surface area contributed by atoms with Crippen LogP contribution in [-0.4, -0.2) is 38.6 Å². The lowest BCUT2D eigenvalue weighted by atomic mass is 10.2. The molecule has 3 rings (SSSR count). The topological polar surface area (TPSA) is 81.0 Å². The van der Waals surface area contributed by atoms with Crippen molar-refractivity contribution in [3.63, 3.8) is 0 Å². The molecule has 0 bridgehead atoms. The van der Waals surface area contributed by atoms with Crippen LogP contribution < -0.4 is 19.7 Å². The molecule has 1 aromatic heterocycles. The average Bonchev–Trinajstić information content (AvgIpc) is 3.20. The summed E-state index contributed by atoms with van der Waals surface area (Å²) >= 11 is 3.16. The van der Waals surface area contributed by atoms with Crippen LogP contribution in [0.2, 0.25) is 0 Å². The maximum absolute atomic E-state index is 12.3. The quantitative estimate of drug-likeness (QED) is 0.821. The Balaban J connectivity index is 1.71. The predicted molar refractivity (Wildman–Crippen MR) is 94.2 cm³/mol. The molecule has 25 heavy (non-hydrogen) atoms. The monoisotopic (exact) mass is 408 g/mol. The Kier molecular flexibility index (Phi) is 4.98. The van der Waals surface area contributed by atoms with Crippen LogP contribution in [0.5, 0.6) is 11.5 Å². The fourth-order valence-electron chi connectivity index (χ4n) is 2.74. The number of anilines is 1. The number of halogens is 1. The van der Waals surface area contributed by atoms with Crippen LogP contribution in [0, 0.1) is 0 Å². The van der Waals surface area contributed by atoms with Crippen LogP contribution in [0.25, 0.3) is 0 Å². The minimum absolute atomic E-state index is 0.0712. The van der Waals surface area contributed by atoms with Gasteiger partial charge in [0.1, 0.15) is 0 Å². The van der Waals surface area contributed by atoms with Gasteiger partial charge in [-0.2, -0.15) is 0 Å². The second kappa shape index (κ2) is 7.18. The smallest absolute Gasteiger partial charge is 0.287 e. The molecule has 0 unspecified atom stereocenters. The van der Waals surface area contributed by atoms with Crippen LogP contribution in [-0.2, 0) is 4.79 Å². The number of nitrogens with one attached hydrogen (secondary N) is 1. The lowest BCUT2D eigenvalue weighted by Gasteiger charge is -2.18. The van der Waals surface area contributed by atoms with Gasteiger partial charge >= 0.3 is 0 Å². The normalized spacial score (nSPS) is 16.8. The summed E-state index contributed by atoms with van der Waals surface area (Å²) < 4.78 is 16.2. The molecule has 1 aromatic carbocycles. The largest absolute Gasteiger partial charge is 0.493 e. The molecule has 1 fully saturated rings. The minimum atomic E-state index is -0.349. The number of nitrogens with zero attached hydrogens (tertiary/aromatic N) is 1. The number of hydrogen-bond donors (Lipinski definition) is 1. The van der Waals surface area contributed by atoms with E-state index in [4.69, 9.17) is 13.9 Å². The third kappa shape index (κ3) is 3.63.